The summed E-state index contributed by atoms with van der Waals surface area (Å²) in [7, 11) is 0. The quantitative estimate of drug-likeness (QED) is 0.650. The summed E-state index contributed by atoms with van der Waals surface area (Å²) in [6.45, 7) is 6.28. The predicted octanol–water partition coefficient (Wildman–Crippen LogP) is 1.75. The summed E-state index contributed by atoms with van der Waals surface area (Å²) in [5.74, 6) is -2.32. The van der Waals surface area contributed by atoms with Gasteiger partial charge in [0.2, 0.25) is 17.7 Å². The van der Waals surface area contributed by atoms with Crippen LogP contribution in [0.4, 0.5) is 5.69 Å². The summed E-state index contributed by atoms with van der Waals surface area (Å²) >= 11 is 0. The molecule has 1 aromatic carbocycles. The van der Waals surface area contributed by atoms with Crippen LogP contribution in [0.2, 0.25) is 0 Å². The second-order valence-corrected chi connectivity index (χ2v) is 10.0. The molecule has 2 fully saturated rings. The Kier molecular flexibility index (Phi) is 6.05. The average molecular weight is 480 g/mol. The molecule has 186 valence electrons. The summed E-state index contributed by atoms with van der Waals surface area (Å²) in [5, 5.41) is 10.1. The average Bonchev–Trinajstić information content (AvgIpc) is 3.16. The van der Waals surface area contributed by atoms with E-state index in [1.54, 1.807) is 9.80 Å². The SMILES string of the molecule is CC[C@@H](CO)N1C(=O)[C@@H]2[C@H]3C(=O)N(c4ccccc4)CC=C[C@H]3O[C@@]23C=CCN(C(C)C)C(=O)C13. The molecule has 1 aromatic rings. The van der Waals surface area contributed by atoms with Gasteiger partial charge in [0, 0.05) is 24.8 Å². The first-order chi connectivity index (χ1) is 16.9. The van der Waals surface area contributed by atoms with Crippen molar-refractivity contribution in [2.24, 2.45) is 11.8 Å². The minimum Gasteiger partial charge on any atom is -0.394 e. The van der Waals surface area contributed by atoms with Crippen molar-refractivity contribution in [3.8, 4) is 0 Å². The number of carbonyl (C=O) groups excluding carboxylic acids is 3. The number of benzene rings is 1. The summed E-state index contributed by atoms with van der Waals surface area (Å²) in [5.41, 5.74) is -0.516. The van der Waals surface area contributed by atoms with Crippen LogP contribution in [0.1, 0.15) is 27.2 Å². The summed E-state index contributed by atoms with van der Waals surface area (Å²) in [4.78, 5) is 47.0. The van der Waals surface area contributed by atoms with Gasteiger partial charge in [-0.1, -0.05) is 49.4 Å². The Labute approximate surface area is 205 Å². The van der Waals surface area contributed by atoms with Gasteiger partial charge in [0.05, 0.1) is 30.6 Å². The van der Waals surface area contributed by atoms with Crippen molar-refractivity contribution in [1.29, 1.82) is 0 Å². The van der Waals surface area contributed by atoms with Crippen molar-refractivity contribution in [3.05, 3.63) is 54.6 Å². The summed E-state index contributed by atoms with van der Waals surface area (Å²) < 4.78 is 6.62. The number of para-hydroxylation sites is 1. The molecule has 6 atom stereocenters. The number of nitrogens with zero attached hydrogens (tertiary/aromatic N) is 3. The highest BCUT2D eigenvalue weighted by Gasteiger charge is 2.72. The highest BCUT2D eigenvalue weighted by molar-refractivity contribution is 6.04. The molecule has 8 nitrogen and oxygen atoms in total. The number of rotatable bonds is 5. The van der Waals surface area contributed by atoms with Crippen LogP contribution >= 0.6 is 0 Å². The molecule has 3 amide bonds. The van der Waals surface area contributed by atoms with Crippen molar-refractivity contribution >= 4 is 23.4 Å². The number of amides is 3. The zero-order valence-electron chi connectivity index (χ0n) is 20.4. The highest BCUT2D eigenvalue weighted by atomic mass is 16.5. The maximum absolute atomic E-state index is 14.1. The molecular weight excluding hydrogens is 446 g/mol. The van der Waals surface area contributed by atoms with Crippen LogP contribution in [0.3, 0.4) is 0 Å². The fourth-order valence-electron chi connectivity index (χ4n) is 6.21. The standard InChI is InChI=1S/C27H33N3O5/c1-4-18(16-31)30-23-26(34)28(17(2)3)15-9-13-27(23)22(25(30)33)21-20(35-27)12-8-14-29(24(21)32)19-10-6-5-7-11-19/h5-13,17-18,20-23,31H,4,14-16H2,1-3H3/t18-,20+,21-,22-,23?,27-/m0/s1. The topological polar surface area (TPSA) is 90.4 Å². The number of aliphatic hydroxyl groups is 1. The van der Waals surface area contributed by atoms with Gasteiger partial charge in [-0.25, -0.2) is 0 Å². The molecule has 4 aliphatic rings. The van der Waals surface area contributed by atoms with Crippen molar-refractivity contribution in [1.82, 2.24) is 9.80 Å². The molecule has 1 unspecified atom stereocenters. The Morgan fingerprint density at radius 1 is 1.06 bits per heavy atom. The Morgan fingerprint density at radius 2 is 1.80 bits per heavy atom. The predicted molar refractivity (Wildman–Crippen MR) is 130 cm³/mol. The van der Waals surface area contributed by atoms with Crippen molar-refractivity contribution in [3.63, 3.8) is 0 Å². The first-order valence-corrected chi connectivity index (χ1v) is 12.5. The van der Waals surface area contributed by atoms with E-state index in [-0.39, 0.29) is 30.4 Å². The highest BCUT2D eigenvalue weighted by Crippen LogP contribution is 2.54. The smallest absolute Gasteiger partial charge is 0.249 e. The fraction of sp³-hybridized carbons (Fsp3) is 0.519. The zero-order chi connectivity index (χ0) is 24.9. The minimum absolute atomic E-state index is 0.0746. The number of hydrogen-bond acceptors (Lipinski definition) is 5. The Hall–Kier alpha value is -2.97. The first-order valence-electron chi connectivity index (χ1n) is 12.5. The third-order valence-corrected chi connectivity index (χ3v) is 7.89. The van der Waals surface area contributed by atoms with Crippen LogP contribution in [-0.2, 0) is 19.1 Å². The lowest BCUT2D eigenvalue weighted by atomic mass is 9.77. The van der Waals surface area contributed by atoms with E-state index in [0.29, 0.717) is 19.5 Å². The number of carbonyl (C=O) groups is 3. The lowest BCUT2D eigenvalue weighted by Gasteiger charge is -2.39. The second kappa shape index (κ2) is 8.91. The number of hydrogen-bond donors (Lipinski definition) is 1. The molecule has 0 aliphatic carbocycles. The Bertz CT molecular complexity index is 1070. The molecule has 0 bridgehead atoms. The molecular formula is C27H33N3O5. The third kappa shape index (κ3) is 3.45. The van der Waals surface area contributed by atoms with E-state index in [9.17, 15) is 19.5 Å². The second-order valence-electron chi connectivity index (χ2n) is 10.0. The van der Waals surface area contributed by atoms with Crippen LogP contribution in [0, 0.1) is 11.8 Å². The molecule has 0 aromatic heterocycles. The molecule has 2 saturated heterocycles. The number of aliphatic hydroxyl groups excluding tert-OH is 1. The third-order valence-electron chi connectivity index (χ3n) is 7.89. The van der Waals surface area contributed by atoms with Gasteiger partial charge in [0.1, 0.15) is 11.6 Å². The van der Waals surface area contributed by atoms with E-state index in [4.69, 9.17) is 4.74 Å². The molecule has 5 rings (SSSR count). The normalized spacial score (nSPS) is 33.1. The van der Waals surface area contributed by atoms with E-state index in [0.717, 1.165) is 5.69 Å². The van der Waals surface area contributed by atoms with Crippen LogP contribution < -0.4 is 4.90 Å². The lowest BCUT2D eigenvalue weighted by molar-refractivity contribution is -0.151. The van der Waals surface area contributed by atoms with Gasteiger partial charge in [-0.2, -0.15) is 0 Å². The van der Waals surface area contributed by atoms with Gasteiger partial charge in [0.25, 0.3) is 0 Å². The monoisotopic (exact) mass is 479 g/mol. The Morgan fingerprint density at radius 3 is 2.46 bits per heavy atom. The van der Waals surface area contributed by atoms with E-state index < -0.39 is 35.6 Å². The van der Waals surface area contributed by atoms with Gasteiger partial charge in [0.15, 0.2) is 0 Å². The molecule has 1 N–H and O–H groups in total. The van der Waals surface area contributed by atoms with Crippen LogP contribution in [0.15, 0.2) is 54.6 Å². The van der Waals surface area contributed by atoms with Gasteiger partial charge >= 0.3 is 0 Å². The largest absolute Gasteiger partial charge is 0.394 e. The van der Waals surface area contributed by atoms with E-state index in [1.165, 1.54) is 4.90 Å². The summed E-state index contributed by atoms with van der Waals surface area (Å²) in [6.07, 6.45) is 7.35. The van der Waals surface area contributed by atoms with Crippen LogP contribution in [0.25, 0.3) is 0 Å². The molecule has 4 aliphatic heterocycles. The molecule has 35 heavy (non-hydrogen) atoms. The number of anilines is 1. The maximum atomic E-state index is 14.1. The lowest BCUT2D eigenvalue weighted by Crippen LogP contribution is -2.58. The fourth-order valence-corrected chi connectivity index (χ4v) is 6.21. The van der Waals surface area contributed by atoms with Crippen LogP contribution in [0.5, 0.6) is 0 Å². The molecule has 0 saturated carbocycles. The van der Waals surface area contributed by atoms with Crippen LogP contribution in [-0.4, -0.2) is 82.2 Å². The van der Waals surface area contributed by atoms with E-state index in [2.05, 4.69) is 0 Å². The van der Waals surface area contributed by atoms with Gasteiger partial charge in [-0.15, -0.1) is 0 Å². The molecule has 8 heteroatoms. The van der Waals surface area contributed by atoms with Gasteiger partial charge in [-0.3, -0.25) is 14.4 Å². The van der Waals surface area contributed by atoms with Crippen molar-refractivity contribution in [2.45, 2.75) is 57.0 Å². The van der Waals surface area contributed by atoms with Crippen molar-refractivity contribution in [2.75, 3.05) is 24.6 Å². The van der Waals surface area contributed by atoms with Gasteiger partial charge < -0.3 is 24.5 Å². The number of fused-ring (bicyclic) bond motifs is 2. The van der Waals surface area contributed by atoms with Crippen molar-refractivity contribution < 1.29 is 24.2 Å². The summed E-state index contributed by atoms with van der Waals surface area (Å²) in [6, 6.07) is 7.84. The number of likely N-dealkylation sites (tertiary alicyclic amines) is 1. The van der Waals surface area contributed by atoms with Gasteiger partial charge in [-0.05, 0) is 32.4 Å². The van der Waals surface area contributed by atoms with E-state index >= 15 is 0 Å². The first kappa shape index (κ1) is 23.8. The maximum Gasteiger partial charge on any atom is 0.249 e. The number of ether oxygens (including phenoxy) is 1. The molecule has 0 radical (unpaired) electrons. The molecule has 1 spiro atoms. The Balaban J connectivity index is 1.63. The molecule has 4 heterocycles. The zero-order valence-corrected chi connectivity index (χ0v) is 20.4. The van der Waals surface area contributed by atoms with E-state index in [1.807, 2.05) is 75.4 Å². The minimum atomic E-state index is -1.27.